The highest BCUT2D eigenvalue weighted by Crippen LogP contribution is 2.16. The van der Waals surface area contributed by atoms with Crippen molar-refractivity contribution in [3.8, 4) is 0 Å². The summed E-state index contributed by atoms with van der Waals surface area (Å²) in [6.45, 7) is 3.09. The summed E-state index contributed by atoms with van der Waals surface area (Å²) in [6.07, 6.45) is 1.93. The molecule has 23 heavy (non-hydrogen) atoms. The number of amides is 2. The van der Waals surface area contributed by atoms with Crippen molar-refractivity contribution in [2.45, 2.75) is 31.7 Å². The third-order valence-electron chi connectivity index (χ3n) is 3.81. The Morgan fingerprint density at radius 3 is 2.52 bits per heavy atom. The number of carboxylic acid groups (broad SMARTS) is 1. The summed E-state index contributed by atoms with van der Waals surface area (Å²) in [5.74, 6) is -1.22. The molecule has 0 aromatic heterocycles. The Labute approximate surface area is 137 Å². The van der Waals surface area contributed by atoms with Gasteiger partial charge in [-0.3, -0.25) is 19.3 Å². The summed E-state index contributed by atoms with van der Waals surface area (Å²) in [7, 11) is 4.02. The second-order valence-corrected chi connectivity index (χ2v) is 6.03. The molecule has 1 saturated heterocycles. The van der Waals surface area contributed by atoms with Gasteiger partial charge in [0.2, 0.25) is 11.8 Å². The van der Waals surface area contributed by atoms with Gasteiger partial charge >= 0.3 is 5.97 Å². The maximum absolute atomic E-state index is 12.2. The van der Waals surface area contributed by atoms with E-state index in [1.165, 1.54) is 0 Å². The molecule has 0 aromatic rings. The first-order valence-electron chi connectivity index (χ1n) is 8.05. The van der Waals surface area contributed by atoms with Crippen molar-refractivity contribution in [2.75, 3.05) is 46.8 Å². The van der Waals surface area contributed by atoms with Crippen molar-refractivity contribution < 1.29 is 19.5 Å². The van der Waals surface area contributed by atoms with Crippen LogP contribution >= 0.6 is 0 Å². The van der Waals surface area contributed by atoms with Crippen molar-refractivity contribution in [3.63, 3.8) is 0 Å². The first-order valence-corrected chi connectivity index (χ1v) is 8.05. The minimum Gasteiger partial charge on any atom is -0.481 e. The van der Waals surface area contributed by atoms with Crippen LogP contribution in [-0.2, 0) is 14.4 Å². The van der Waals surface area contributed by atoms with Gasteiger partial charge in [0, 0.05) is 32.6 Å². The number of carbonyl (C=O) groups is 3. The highest BCUT2D eigenvalue weighted by molar-refractivity contribution is 5.83. The lowest BCUT2D eigenvalue weighted by molar-refractivity contribution is -0.137. The van der Waals surface area contributed by atoms with Crippen LogP contribution in [0, 0.1) is 0 Å². The lowest BCUT2D eigenvalue weighted by Crippen LogP contribution is -2.46. The van der Waals surface area contributed by atoms with Gasteiger partial charge < -0.3 is 20.6 Å². The van der Waals surface area contributed by atoms with Gasteiger partial charge in [0.15, 0.2) is 0 Å². The molecule has 1 rings (SSSR count). The van der Waals surface area contributed by atoms with E-state index < -0.39 is 5.97 Å². The van der Waals surface area contributed by atoms with Crippen LogP contribution in [0.15, 0.2) is 0 Å². The van der Waals surface area contributed by atoms with Gasteiger partial charge in [-0.1, -0.05) is 0 Å². The molecule has 2 amide bonds. The molecule has 0 spiro atoms. The van der Waals surface area contributed by atoms with E-state index in [9.17, 15) is 14.4 Å². The van der Waals surface area contributed by atoms with E-state index in [2.05, 4.69) is 20.4 Å². The van der Waals surface area contributed by atoms with Gasteiger partial charge in [0.25, 0.3) is 0 Å². The fraction of sp³-hybridized carbons (Fsp3) is 0.800. The Kier molecular flexibility index (Phi) is 8.57. The van der Waals surface area contributed by atoms with Crippen LogP contribution in [0.25, 0.3) is 0 Å². The van der Waals surface area contributed by atoms with Gasteiger partial charge in [-0.15, -0.1) is 0 Å². The molecule has 0 radical (unpaired) electrons. The third-order valence-corrected chi connectivity index (χ3v) is 3.81. The highest BCUT2D eigenvalue weighted by Gasteiger charge is 2.30. The predicted molar refractivity (Wildman–Crippen MR) is 86.0 cm³/mol. The largest absolute Gasteiger partial charge is 0.481 e. The number of hydrogen-bond acceptors (Lipinski definition) is 5. The standard InChI is InChI=1S/C15H28N4O4/c1-18(2)10-11-19-9-3-4-12(19)15(23)17-7-5-13(20)16-8-6-14(21)22/h12H,3-11H2,1-2H3,(H,16,20)(H,17,23)(H,21,22)/i1+1,2+1,3+1,4+1,9+1,12+1,15+1,18+1,19+1. The highest BCUT2D eigenvalue weighted by atomic mass is 16.4. The summed E-state index contributed by atoms with van der Waals surface area (Å²) in [5, 5.41) is 13.8. The monoisotopic (exact) mass is 337 g/mol. The SMILES string of the molecule is [13CH3][15N]([13CH3])CC[15N]1[13CH2][13CH2][13CH2][13CH]1[13C](=O)NCCC(=O)NCCC(=O)O. The summed E-state index contributed by atoms with van der Waals surface area (Å²) in [6, 6.07) is -0.106. The molecule has 0 aliphatic carbocycles. The molecule has 8 heteroatoms. The normalized spacial score (nSPS) is 18.1. The molecule has 8 nitrogen and oxygen atoms in total. The van der Waals surface area contributed by atoms with Crippen LogP contribution in [0.3, 0.4) is 0 Å². The molecule has 0 aromatic carbocycles. The molecule has 1 fully saturated rings. The van der Waals surface area contributed by atoms with Crippen molar-refractivity contribution in [2.24, 2.45) is 0 Å². The molecule has 132 valence electrons. The number of likely N-dealkylation sites (tertiary alicyclic amines) is 1. The van der Waals surface area contributed by atoms with Gasteiger partial charge in [0.1, 0.15) is 0 Å². The minimum absolute atomic E-state index is 0.0282. The molecular weight excluding hydrogens is 309 g/mol. The number of nitrogens with zero attached hydrogens (tertiary/aromatic N) is 2. The lowest BCUT2D eigenvalue weighted by Gasteiger charge is -2.25. The smallest absolute Gasteiger partial charge is 0.305 e. The summed E-state index contributed by atoms with van der Waals surface area (Å²) in [5.41, 5.74) is 0. The Morgan fingerprint density at radius 1 is 1.17 bits per heavy atom. The first kappa shape index (κ1) is 19.4. The van der Waals surface area contributed by atoms with E-state index in [-0.39, 0.29) is 43.8 Å². The average Bonchev–Trinajstić information content (AvgIpc) is 2.93. The number of rotatable bonds is 10. The zero-order chi connectivity index (χ0) is 17.2. The Hall–Kier alpha value is -1.67. The molecular formula is C15H28N4O4. The van der Waals surface area contributed by atoms with Gasteiger partial charge in [0.05, 0.1) is 12.5 Å². The van der Waals surface area contributed by atoms with E-state index in [0.717, 1.165) is 32.5 Å². The summed E-state index contributed by atoms with van der Waals surface area (Å²) >= 11 is 0. The number of hydrogen-bond donors (Lipinski definition) is 3. The van der Waals surface area contributed by atoms with Crippen LogP contribution in [0.1, 0.15) is 25.7 Å². The second kappa shape index (κ2) is 10.2. The van der Waals surface area contributed by atoms with Crippen molar-refractivity contribution in [1.29, 1.82) is 0 Å². The average molecular weight is 337 g/mol. The fourth-order valence-corrected chi connectivity index (χ4v) is 2.53. The molecule has 1 aliphatic rings. The molecule has 1 atom stereocenters. The second-order valence-electron chi connectivity index (χ2n) is 6.03. The quantitative estimate of drug-likeness (QED) is 0.353. The zero-order valence-corrected chi connectivity index (χ0v) is 14.0. The number of carboxylic acids is 1. The van der Waals surface area contributed by atoms with Crippen molar-refractivity contribution in [1.82, 2.24) is 20.4 Å². The Bertz CT molecular complexity index is 414. The lowest BCUT2D eigenvalue weighted by atomic mass is 10.3. The summed E-state index contributed by atoms with van der Waals surface area (Å²) in [4.78, 5) is 38.3. The number of carbonyl (C=O) groups excluding carboxylic acids is 2. The van der Waals surface area contributed by atoms with Crippen molar-refractivity contribution >= 4 is 17.8 Å². The molecule has 0 bridgehead atoms. The molecule has 0 saturated carbocycles. The van der Waals surface area contributed by atoms with Crippen LogP contribution in [0.4, 0.5) is 0 Å². The Morgan fingerprint density at radius 2 is 1.87 bits per heavy atom. The predicted octanol–water partition coefficient (Wildman–Crippen LogP) is -0.890. The van der Waals surface area contributed by atoms with Crippen LogP contribution in [-0.4, -0.2) is 85.6 Å². The maximum Gasteiger partial charge on any atom is 0.305 e. The Balaban J connectivity index is 2.22. The fourth-order valence-electron chi connectivity index (χ4n) is 2.53. The van der Waals surface area contributed by atoms with Crippen molar-refractivity contribution in [3.05, 3.63) is 0 Å². The summed E-state index contributed by atoms with van der Waals surface area (Å²) < 4.78 is 0. The number of nitrogens with one attached hydrogen (secondary N) is 2. The van der Waals surface area contributed by atoms with E-state index in [4.69, 9.17) is 5.11 Å². The topological polar surface area (TPSA) is 102 Å². The van der Waals surface area contributed by atoms with Crippen LogP contribution in [0.5, 0.6) is 0 Å². The third kappa shape index (κ3) is 7.94. The van der Waals surface area contributed by atoms with E-state index in [1.807, 2.05) is 14.1 Å². The van der Waals surface area contributed by atoms with E-state index in [1.54, 1.807) is 0 Å². The van der Waals surface area contributed by atoms with Crippen LogP contribution < -0.4 is 10.6 Å². The van der Waals surface area contributed by atoms with Gasteiger partial charge in [-0.2, -0.15) is 0 Å². The van der Waals surface area contributed by atoms with Gasteiger partial charge in [-0.25, -0.2) is 0 Å². The zero-order valence-electron chi connectivity index (χ0n) is 14.0. The number of aliphatic carboxylic acids is 1. The maximum atomic E-state index is 12.2. The molecule has 1 aliphatic heterocycles. The van der Waals surface area contributed by atoms with E-state index >= 15 is 0 Å². The van der Waals surface area contributed by atoms with E-state index in [0.29, 0.717) is 0 Å². The molecule has 1 unspecified atom stereocenters. The molecule has 1 heterocycles. The number of likely N-dealkylation sites (N-methyl/N-ethyl adjacent to an activating group) is 1. The minimum atomic E-state index is -0.947. The van der Waals surface area contributed by atoms with Crippen LogP contribution in [0.2, 0.25) is 0 Å². The van der Waals surface area contributed by atoms with Gasteiger partial charge in [-0.05, 0) is 33.5 Å². The molecule has 3 N–H and O–H groups in total. The first-order chi connectivity index (χ1) is 10.9.